The number of ether oxygens (including phenoxy) is 1. The Balaban J connectivity index is 0.965. The van der Waals surface area contributed by atoms with E-state index >= 15 is 0 Å². The van der Waals surface area contributed by atoms with Crippen LogP contribution in [-0.4, -0.2) is 92.6 Å². The summed E-state index contributed by atoms with van der Waals surface area (Å²) in [7, 11) is 2.21. The van der Waals surface area contributed by atoms with Crippen molar-refractivity contribution in [1.29, 1.82) is 0 Å². The molecule has 2 amide bonds. The van der Waals surface area contributed by atoms with Crippen LogP contribution in [0.5, 0.6) is 5.75 Å². The summed E-state index contributed by atoms with van der Waals surface area (Å²) in [5.74, 6) is 2.29. The minimum atomic E-state index is -0.259. The lowest BCUT2D eigenvalue weighted by atomic mass is 9.85. The normalized spacial score (nSPS) is 21.1. The molecule has 3 atom stereocenters. The summed E-state index contributed by atoms with van der Waals surface area (Å²) in [6.45, 7) is 15.2. The fraction of sp³-hybridized carbons (Fsp3) is 0.500. The van der Waals surface area contributed by atoms with Crippen LogP contribution in [0.15, 0.2) is 72.9 Å². The Kier molecular flexibility index (Phi) is 11.0. The smallest absolute Gasteiger partial charge is 0.320 e. The van der Waals surface area contributed by atoms with Gasteiger partial charge in [-0.1, -0.05) is 57.2 Å². The van der Waals surface area contributed by atoms with Gasteiger partial charge >= 0.3 is 6.03 Å². The van der Waals surface area contributed by atoms with Crippen molar-refractivity contribution >= 4 is 23.4 Å². The number of urea groups is 1. The summed E-state index contributed by atoms with van der Waals surface area (Å²) >= 11 is 0. The van der Waals surface area contributed by atoms with Gasteiger partial charge in [-0.3, -0.25) is 9.72 Å². The number of hydrogen-bond donors (Lipinski definition) is 2. The SMILES string of the molecule is C[C@H]1CCCCN1c1nnc2ccc(O[C@@H]3CC[C@H](NC(=O)Nc4cc(C(C)(C)C)nn4-c4cccc(CCN5CCCN(C)CC5)c4)c4ccccc43)cn12. The second-order valence-electron chi connectivity index (χ2n) is 17.1. The van der Waals surface area contributed by atoms with Gasteiger partial charge in [0, 0.05) is 43.7 Å². The predicted molar refractivity (Wildman–Crippen MR) is 222 cm³/mol. The van der Waals surface area contributed by atoms with Crippen molar-refractivity contribution in [2.75, 3.05) is 56.5 Å². The molecule has 1 aliphatic carbocycles. The van der Waals surface area contributed by atoms with E-state index in [1.54, 1.807) is 0 Å². The second kappa shape index (κ2) is 16.3. The zero-order valence-electron chi connectivity index (χ0n) is 33.7. The number of carbonyl (C=O) groups is 1. The van der Waals surface area contributed by atoms with Crippen LogP contribution in [0.3, 0.4) is 0 Å². The van der Waals surface area contributed by atoms with Crippen molar-refractivity contribution in [2.45, 2.75) is 96.2 Å². The summed E-state index contributed by atoms with van der Waals surface area (Å²) in [6.07, 6.45) is 9.10. The van der Waals surface area contributed by atoms with Crippen molar-refractivity contribution < 1.29 is 9.53 Å². The number of aromatic nitrogens is 5. The Morgan fingerprint density at radius 2 is 1.73 bits per heavy atom. The number of likely N-dealkylation sites (N-methyl/N-ethyl adjacent to an activating group) is 1. The first kappa shape index (κ1) is 38.0. The van der Waals surface area contributed by atoms with Gasteiger partial charge < -0.3 is 24.8 Å². The van der Waals surface area contributed by atoms with E-state index in [0.29, 0.717) is 11.9 Å². The molecule has 3 aliphatic rings. The highest BCUT2D eigenvalue weighted by Gasteiger charge is 2.31. The summed E-state index contributed by atoms with van der Waals surface area (Å²) in [4.78, 5) is 21.2. The lowest BCUT2D eigenvalue weighted by molar-refractivity contribution is 0.171. The summed E-state index contributed by atoms with van der Waals surface area (Å²) < 4.78 is 10.6. The van der Waals surface area contributed by atoms with Gasteiger partial charge in [0.15, 0.2) is 5.65 Å². The molecule has 296 valence electrons. The first-order chi connectivity index (χ1) is 27.1. The number of rotatable bonds is 9. The number of amides is 2. The van der Waals surface area contributed by atoms with E-state index in [1.807, 2.05) is 41.2 Å². The van der Waals surface area contributed by atoms with Crippen LogP contribution in [0, 0.1) is 0 Å². The highest BCUT2D eigenvalue weighted by atomic mass is 16.5. The molecule has 2 saturated heterocycles. The summed E-state index contributed by atoms with van der Waals surface area (Å²) in [5, 5.41) is 20.5. The Labute approximate surface area is 331 Å². The average molecular weight is 759 g/mol. The molecule has 8 rings (SSSR count). The highest BCUT2D eigenvalue weighted by molar-refractivity contribution is 5.89. The van der Waals surface area contributed by atoms with Gasteiger partial charge in [0.2, 0.25) is 5.95 Å². The van der Waals surface area contributed by atoms with E-state index in [-0.39, 0.29) is 23.6 Å². The van der Waals surface area contributed by atoms with Crippen molar-refractivity contribution in [3.63, 3.8) is 0 Å². The summed E-state index contributed by atoms with van der Waals surface area (Å²) in [5.41, 5.74) is 5.88. The molecule has 0 unspecified atom stereocenters. The monoisotopic (exact) mass is 758 g/mol. The van der Waals surface area contributed by atoms with E-state index in [9.17, 15) is 4.79 Å². The molecule has 0 saturated carbocycles. The molecule has 2 aromatic carbocycles. The van der Waals surface area contributed by atoms with Gasteiger partial charge in [-0.15, -0.1) is 10.2 Å². The quantitative estimate of drug-likeness (QED) is 0.159. The van der Waals surface area contributed by atoms with E-state index < -0.39 is 0 Å². The topological polar surface area (TPSA) is 108 Å². The molecule has 0 radical (unpaired) electrons. The average Bonchev–Trinajstić information content (AvgIpc) is 3.75. The van der Waals surface area contributed by atoms with E-state index in [2.05, 4.69) is 111 Å². The molecule has 12 heteroatoms. The molecule has 5 aromatic rings. The number of nitrogens with zero attached hydrogens (tertiary/aromatic N) is 8. The Morgan fingerprint density at radius 3 is 2.57 bits per heavy atom. The maximum atomic E-state index is 13.9. The van der Waals surface area contributed by atoms with E-state index in [4.69, 9.17) is 9.84 Å². The molecule has 2 aliphatic heterocycles. The Morgan fingerprint density at radius 1 is 0.875 bits per heavy atom. The molecule has 2 N–H and O–H groups in total. The molecule has 3 aromatic heterocycles. The lowest BCUT2D eigenvalue weighted by Crippen LogP contribution is -2.38. The zero-order valence-corrected chi connectivity index (χ0v) is 33.7. The summed E-state index contributed by atoms with van der Waals surface area (Å²) in [6, 6.07) is 22.8. The number of nitrogens with one attached hydrogen (secondary N) is 2. The van der Waals surface area contributed by atoms with Crippen LogP contribution in [-0.2, 0) is 11.8 Å². The minimum Gasteiger partial charge on any atom is -0.484 e. The van der Waals surface area contributed by atoms with Crippen molar-refractivity contribution in [3.05, 3.63) is 95.3 Å². The molecule has 56 heavy (non-hydrogen) atoms. The van der Waals surface area contributed by atoms with Crippen LogP contribution >= 0.6 is 0 Å². The van der Waals surface area contributed by atoms with E-state index in [0.717, 1.165) is 111 Å². The third kappa shape index (κ3) is 8.41. The van der Waals surface area contributed by atoms with Gasteiger partial charge in [-0.2, -0.15) is 5.10 Å². The maximum absolute atomic E-state index is 13.9. The van der Waals surface area contributed by atoms with Gasteiger partial charge in [0.05, 0.1) is 23.6 Å². The third-order valence-corrected chi connectivity index (χ3v) is 11.8. The number of piperidine rings is 1. The fourth-order valence-corrected chi connectivity index (χ4v) is 8.51. The van der Waals surface area contributed by atoms with Crippen LogP contribution in [0.2, 0.25) is 0 Å². The minimum absolute atomic E-state index is 0.151. The number of pyridine rings is 1. The van der Waals surface area contributed by atoms with Gasteiger partial charge in [-0.05, 0) is 113 Å². The first-order valence-corrected chi connectivity index (χ1v) is 20.6. The van der Waals surface area contributed by atoms with Crippen molar-refractivity contribution in [3.8, 4) is 11.4 Å². The first-order valence-electron chi connectivity index (χ1n) is 20.6. The van der Waals surface area contributed by atoms with Gasteiger partial charge in [0.25, 0.3) is 0 Å². The Bertz CT molecular complexity index is 2140. The fourth-order valence-electron chi connectivity index (χ4n) is 8.51. The molecule has 5 heterocycles. The second-order valence-corrected chi connectivity index (χ2v) is 17.1. The van der Waals surface area contributed by atoms with E-state index in [1.165, 1.54) is 18.4 Å². The van der Waals surface area contributed by atoms with Crippen LogP contribution in [0.25, 0.3) is 11.3 Å². The Hall–Kier alpha value is -4.94. The van der Waals surface area contributed by atoms with Crippen molar-refractivity contribution in [1.82, 2.24) is 39.5 Å². The number of anilines is 2. The maximum Gasteiger partial charge on any atom is 0.320 e. The highest BCUT2D eigenvalue weighted by Crippen LogP contribution is 2.39. The molecular formula is C44H58N10O2. The third-order valence-electron chi connectivity index (χ3n) is 11.8. The molecule has 2 fully saturated rings. The van der Waals surface area contributed by atoms with Crippen LogP contribution in [0.4, 0.5) is 16.6 Å². The molecule has 0 spiro atoms. The van der Waals surface area contributed by atoms with Crippen molar-refractivity contribution in [2.24, 2.45) is 0 Å². The molecular weight excluding hydrogens is 701 g/mol. The number of hydrogen-bond acceptors (Lipinski definition) is 8. The zero-order chi connectivity index (χ0) is 38.8. The van der Waals surface area contributed by atoms with Crippen LogP contribution in [0.1, 0.15) is 101 Å². The number of carbonyl (C=O) groups excluding carboxylic acids is 1. The molecule has 0 bridgehead atoms. The number of fused-ring (bicyclic) bond motifs is 2. The van der Waals surface area contributed by atoms with Crippen LogP contribution < -0.4 is 20.3 Å². The lowest BCUT2D eigenvalue weighted by Gasteiger charge is -2.33. The van der Waals surface area contributed by atoms with Gasteiger partial charge in [-0.25, -0.2) is 9.48 Å². The largest absolute Gasteiger partial charge is 0.484 e. The molecule has 12 nitrogen and oxygen atoms in total. The standard InChI is InChI=1S/C44H58N10O2/c1-31-12-8-9-24-52(31)43-48-47-40-20-17-34(30-53(40)43)56-38-19-18-37(35-15-6-7-16-36(35)38)45-42(55)46-41-29-39(44(2,3)4)49-54(41)33-14-10-13-32(28-33)21-25-51-23-11-22-50(5)26-27-51/h6-7,10,13-17,20,28-31,37-38H,8-9,11-12,18-19,21-27H2,1-5H3,(H2,45,46,55)/t31-,37-,38+/m0/s1. The number of benzene rings is 2. The predicted octanol–water partition coefficient (Wildman–Crippen LogP) is 7.55. The van der Waals surface area contributed by atoms with Gasteiger partial charge in [0.1, 0.15) is 17.7 Å².